The highest BCUT2D eigenvalue weighted by Gasteiger charge is 2.52. The molecule has 0 bridgehead atoms. The second-order valence-electron chi connectivity index (χ2n) is 7.87. The van der Waals surface area contributed by atoms with Crippen molar-refractivity contribution in [2.75, 3.05) is 33.4 Å². The Bertz CT molecular complexity index is 801. The van der Waals surface area contributed by atoms with Crippen molar-refractivity contribution < 1.29 is 14.3 Å². The molecule has 1 amide bonds. The van der Waals surface area contributed by atoms with Crippen LogP contribution in [-0.4, -0.2) is 70.8 Å². The molecule has 7 nitrogen and oxygen atoms in total. The molecule has 0 saturated carbocycles. The summed E-state index contributed by atoms with van der Waals surface area (Å²) < 4.78 is 13.1. The van der Waals surface area contributed by atoms with Crippen LogP contribution in [0.5, 0.6) is 0 Å². The van der Waals surface area contributed by atoms with Crippen LogP contribution in [0.3, 0.4) is 0 Å². The van der Waals surface area contributed by atoms with Crippen LogP contribution in [0.25, 0.3) is 0 Å². The minimum Gasteiger partial charge on any atom is -0.382 e. The maximum atomic E-state index is 12.9. The van der Waals surface area contributed by atoms with Crippen molar-refractivity contribution in [1.82, 2.24) is 19.4 Å². The molecule has 29 heavy (non-hydrogen) atoms. The van der Waals surface area contributed by atoms with Gasteiger partial charge in [0.25, 0.3) is 5.91 Å². The molecule has 4 heterocycles. The summed E-state index contributed by atoms with van der Waals surface area (Å²) in [7, 11) is 3.73. The molecule has 0 aromatic carbocycles. The molecule has 156 valence electrons. The number of ether oxygens (including phenoxy) is 2. The van der Waals surface area contributed by atoms with Crippen molar-refractivity contribution >= 4 is 5.91 Å². The number of methoxy groups -OCH3 is 1. The first-order valence-electron chi connectivity index (χ1n) is 10.3. The van der Waals surface area contributed by atoms with Gasteiger partial charge in [-0.3, -0.25) is 14.7 Å². The highest BCUT2D eigenvalue weighted by molar-refractivity contribution is 5.89. The molecule has 2 aromatic heterocycles. The van der Waals surface area contributed by atoms with E-state index in [0.29, 0.717) is 13.2 Å². The summed E-state index contributed by atoms with van der Waals surface area (Å²) in [6.45, 7) is 3.87. The number of aromatic nitrogens is 2. The van der Waals surface area contributed by atoms with Crippen LogP contribution >= 0.6 is 0 Å². The van der Waals surface area contributed by atoms with Crippen molar-refractivity contribution in [2.45, 2.75) is 37.6 Å². The van der Waals surface area contributed by atoms with Gasteiger partial charge in [-0.25, -0.2) is 0 Å². The lowest BCUT2D eigenvalue weighted by atomic mass is 9.86. The SMILES string of the molecule is COCCO[C@H]1C(=O)N(C2CCN(Cc3cccn3C)CC2)[C@H]1c1ccncc1. The number of hydrogen-bond acceptors (Lipinski definition) is 5. The number of hydrogen-bond donors (Lipinski definition) is 0. The summed E-state index contributed by atoms with van der Waals surface area (Å²) >= 11 is 0. The van der Waals surface area contributed by atoms with E-state index < -0.39 is 6.10 Å². The summed E-state index contributed by atoms with van der Waals surface area (Å²) in [5.74, 6) is 0.101. The summed E-state index contributed by atoms with van der Waals surface area (Å²) in [6, 6.07) is 8.46. The standard InChI is InChI=1S/C22H30N4O3/c1-24-11-3-4-19(24)16-25-12-7-18(8-13-25)26-20(17-5-9-23-10-6-17)21(22(26)27)29-15-14-28-2/h3-6,9-11,18,20-21H,7-8,12-16H2,1-2H3/t20-,21+/m0/s1. The molecule has 2 aliphatic rings. The van der Waals surface area contributed by atoms with Gasteiger partial charge in [-0.1, -0.05) is 0 Å². The van der Waals surface area contributed by atoms with Gasteiger partial charge in [-0.05, 0) is 42.7 Å². The maximum absolute atomic E-state index is 12.9. The second kappa shape index (κ2) is 9.07. The summed E-state index contributed by atoms with van der Waals surface area (Å²) in [5.41, 5.74) is 2.41. The van der Waals surface area contributed by atoms with Gasteiger partial charge in [0, 0.05) is 64.1 Å². The minimum absolute atomic E-state index is 0.0354. The van der Waals surface area contributed by atoms with Crippen molar-refractivity contribution in [3.05, 3.63) is 54.1 Å². The van der Waals surface area contributed by atoms with Crippen LogP contribution in [0.4, 0.5) is 0 Å². The molecule has 2 atom stereocenters. The highest BCUT2D eigenvalue weighted by atomic mass is 16.5. The predicted octanol–water partition coefficient (Wildman–Crippen LogP) is 2.00. The first-order chi connectivity index (χ1) is 14.2. The van der Waals surface area contributed by atoms with Crippen molar-refractivity contribution in [2.24, 2.45) is 7.05 Å². The largest absolute Gasteiger partial charge is 0.382 e. The number of nitrogens with zero attached hydrogens (tertiary/aromatic N) is 4. The van der Waals surface area contributed by atoms with Gasteiger partial charge in [-0.2, -0.15) is 0 Å². The molecule has 0 aliphatic carbocycles. The Labute approximate surface area is 172 Å². The van der Waals surface area contributed by atoms with E-state index in [1.54, 1.807) is 19.5 Å². The Balaban J connectivity index is 1.40. The first-order valence-corrected chi connectivity index (χ1v) is 10.3. The Morgan fingerprint density at radius 2 is 1.90 bits per heavy atom. The average molecular weight is 399 g/mol. The molecule has 2 aromatic rings. The quantitative estimate of drug-likeness (QED) is 0.503. The number of carbonyl (C=O) groups is 1. The van der Waals surface area contributed by atoms with Crippen molar-refractivity contribution in [3.8, 4) is 0 Å². The zero-order valence-corrected chi connectivity index (χ0v) is 17.2. The topological polar surface area (TPSA) is 59.8 Å². The third-order valence-electron chi connectivity index (χ3n) is 6.10. The van der Waals surface area contributed by atoms with Crippen LogP contribution in [-0.2, 0) is 27.9 Å². The summed E-state index contributed by atoms with van der Waals surface area (Å²) in [4.78, 5) is 21.6. The third kappa shape index (κ3) is 4.22. The van der Waals surface area contributed by atoms with Gasteiger partial charge in [0.2, 0.25) is 0 Å². The van der Waals surface area contributed by atoms with Gasteiger partial charge < -0.3 is 18.9 Å². The van der Waals surface area contributed by atoms with E-state index in [1.165, 1.54) is 5.69 Å². The van der Waals surface area contributed by atoms with Crippen molar-refractivity contribution in [3.63, 3.8) is 0 Å². The smallest absolute Gasteiger partial charge is 0.255 e. The van der Waals surface area contributed by atoms with Gasteiger partial charge >= 0.3 is 0 Å². The molecule has 2 fully saturated rings. The highest BCUT2D eigenvalue weighted by Crippen LogP contribution is 2.40. The molecule has 2 aliphatic heterocycles. The molecule has 4 rings (SSSR count). The van der Waals surface area contributed by atoms with Crippen LogP contribution in [0, 0.1) is 0 Å². The summed E-state index contributed by atoms with van der Waals surface area (Å²) in [5, 5.41) is 0. The normalized spacial score (nSPS) is 23.4. The molecule has 0 spiro atoms. The fourth-order valence-corrected chi connectivity index (χ4v) is 4.45. The summed E-state index contributed by atoms with van der Waals surface area (Å²) in [6.07, 6.45) is 7.21. The van der Waals surface area contributed by atoms with Gasteiger partial charge in [0.1, 0.15) is 0 Å². The van der Waals surface area contributed by atoms with E-state index >= 15 is 0 Å². The third-order valence-corrected chi connectivity index (χ3v) is 6.10. The predicted molar refractivity (Wildman–Crippen MR) is 109 cm³/mol. The lowest BCUT2D eigenvalue weighted by Gasteiger charge is -2.52. The monoisotopic (exact) mass is 398 g/mol. The van der Waals surface area contributed by atoms with Crippen molar-refractivity contribution in [1.29, 1.82) is 0 Å². The maximum Gasteiger partial charge on any atom is 0.255 e. The Morgan fingerprint density at radius 3 is 2.55 bits per heavy atom. The number of amides is 1. The Hall–Kier alpha value is -2.22. The van der Waals surface area contributed by atoms with Gasteiger partial charge in [0.05, 0.1) is 19.3 Å². The van der Waals surface area contributed by atoms with E-state index in [1.807, 2.05) is 17.0 Å². The molecule has 0 radical (unpaired) electrons. The lowest BCUT2D eigenvalue weighted by molar-refractivity contribution is -0.184. The Morgan fingerprint density at radius 1 is 1.14 bits per heavy atom. The fourth-order valence-electron chi connectivity index (χ4n) is 4.45. The fraction of sp³-hybridized carbons (Fsp3) is 0.545. The molecule has 7 heteroatoms. The molecule has 0 unspecified atom stereocenters. The van der Waals surface area contributed by atoms with E-state index in [4.69, 9.17) is 9.47 Å². The number of pyridine rings is 1. The minimum atomic E-state index is -0.422. The first kappa shape index (κ1) is 20.1. The van der Waals surface area contributed by atoms with Gasteiger partial charge in [0.15, 0.2) is 6.10 Å². The average Bonchev–Trinajstić information content (AvgIpc) is 3.15. The van der Waals surface area contributed by atoms with Crippen LogP contribution in [0.2, 0.25) is 0 Å². The molecular formula is C22H30N4O3. The molecular weight excluding hydrogens is 368 g/mol. The lowest BCUT2D eigenvalue weighted by Crippen LogP contribution is -2.64. The zero-order chi connectivity index (χ0) is 20.2. The van der Waals surface area contributed by atoms with Crippen LogP contribution in [0.15, 0.2) is 42.9 Å². The number of β-lactam (4-membered cyclic amide) rings is 1. The Kier molecular flexibility index (Phi) is 6.28. The number of carbonyl (C=O) groups excluding carboxylic acids is 1. The van der Waals surface area contributed by atoms with Crippen LogP contribution < -0.4 is 0 Å². The van der Waals surface area contributed by atoms with Gasteiger partial charge in [-0.15, -0.1) is 0 Å². The second-order valence-corrected chi connectivity index (χ2v) is 7.87. The van der Waals surface area contributed by atoms with Crippen LogP contribution in [0.1, 0.15) is 30.1 Å². The number of piperidine rings is 1. The molecule has 0 N–H and O–H groups in total. The number of rotatable bonds is 8. The number of aryl methyl sites for hydroxylation is 1. The number of likely N-dealkylation sites (tertiary alicyclic amines) is 2. The van der Waals surface area contributed by atoms with E-state index in [9.17, 15) is 4.79 Å². The molecule has 2 saturated heterocycles. The van der Waals surface area contributed by atoms with E-state index in [0.717, 1.165) is 38.0 Å². The van der Waals surface area contributed by atoms with E-state index in [-0.39, 0.29) is 18.0 Å². The van der Waals surface area contributed by atoms with E-state index in [2.05, 4.69) is 39.8 Å². The zero-order valence-electron chi connectivity index (χ0n) is 17.2.